The van der Waals surface area contributed by atoms with E-state index in [1.54, 1.807) is 13.4 Å². The predicted molar refractivity (Wildman–Crippen MR) is 81.5 cm³/mol. The first-order valence-corrected chi connectivity index (χ1v) is 7.58. The van der Waals surface area contributed by atoms with E-state index in [2.05, 4.69) is 34.5 Å². The monoisotopic (exact) mass is 286 g/mol. The fourth-order valence-electron chi connectivity index (χ4n) is 2.95. The SMILES string of the molecule is CCCn1ncnc1CC1NCCc2ccc(OC)cc21. The van der Waals surface area contributed by atoms with Gasteiger partial charge in [0.25, 0.3) is 0 Å². The highest BCUT2D eigenvalue weighted by molar-refractivity contribution is 5.39. The number of rotatable bonds is 5. The van der Waals surface area contributed by atoms with E-state index < -0.39 is 0 Å². The summed E-state index contributed by atoms with van der Waals surface area (Å²) in [4.78, 5) is 4.43. The second kappa shape index (κ2) is 6.26. The Morgan fingerprint density at radius 2 is 2.33 bits per heavy atom. The van der Waals surface area contributed by atoms with Crippen LogP contribution in [0.25, 0.3) is 0 Å². The van der Waals surface area contributed by atoms with Crippen LogP contribution in [0.2, 0.25) is 0 Å². The molecule has 0 fully saturated rings. The van der Waals surface area contributed by atoms with Crippen molar-refractivity contribution in [1.82, 2.24) is 20.1 Å². The van der Waals surface area contributed by atoms with Crippen molar-refractivity contribution in [3.05, 3.63) is 41.5 Å². The lowest BCUT2D eigenvalue weighted by Crippen LogP contribution is -2.32. The van der Waals surface area contributed by atoms with Crippen LogP contribution in [-0.4, -0.2) is 28.4 Å². The highest BCUT2D eigenvalue weighted by Gasteiger charge is 2.22. The summed E-state index contributed by atoms with van der Waals surface area (Å²) in [6.07, 6.45) is 4.65. The van der Waals surface area contributed by atoms with Crippen LogP contribution in [0.3, 0.4) is 0 Å². The normalized spacial score (nSPS) is 17.5. The van der Waals surface area contributed by atoms with Gasteiger partial charge in [-0.05, 0) is 42.6 Å². The Kier molecular flexibility index (Phi) is 4.20. The fraction of sp³-hybridized carbons (Fsp3) is 0.500. The lowest BCUT2D eigenvalue weighted by molar-refractivity contribution is 0.410. The Balaban J connectivity index is 1.85. The summed E-state index contributed by atoms with van der Waals surface area (Å²) in [5.41, 5.74) is 2.73. The van der Waals surface area contributed by atoms with E-state index in [0.717, 1.165) is 43.9 Å². The van der Waals surface area contributed by atoms with E-state index in [1.807, 2.05) is 10.7 Å². The second-order valence-corrected chi connectivity index (χ2v) is 5.42. The molecule has 2 heterocycles. The molecule has 0 saturated carbocycles. The molecule has 21 heavy (non-hydrogen) atoms. The highest BCUT2D eigenvalue weighted by Crippen LogP contribution is 2.29. The van der Waals surface area contributed by atoms with Gasteiger partial charge in [-0.15, -0.1) is 0 Å². The highest BCUT2D eigenvalue weighted by atomic mass is 16.5. The number of ether oxygens (including phenoxy) is 1. The van der Waals surface area contributed by atoms with Crippen LogP contribution in [0, 0.1) is 0 Å². The van der Waals surface area contributed by atoms with Crippen LogP contribution in [0.1, 0.15) is 36.3 Å². The Labute approximate surface area is 125 Å². The summed E-state index contributed by atoms with van der Waals surface area (Å²) >= 11 is 0. The fourth-order valence-corrected chi connectivity index (χ4v) is 2.95. The van der Waals surface area contributed by atoms with Crippen LogP contribution < -0.4 is 10.1 Å². The molecule has 0 aliphatic carbocycles. The summed E-state index contributed by atoms with van der Waals surface area (Å²) in [5.74, 6) is 1.96. The minimum Gasteiger partial charge on any atom is -0.497 e. The number of methoxy groups -OCH3 is 1. The van der Waals surface area contributed by atoms with Crippen molar-refractivity contribution in [3.8, 4) is 5.75 Å². The van der Waals surface area contributed by atoms with Crippen molar-refractivity contribution >= 4 is 0 Å². The first kappa shape index (κ1) is 14.1. The third kappa shape index (κ3) is 2.93. The van der Waals surface area contributed by atoms with E-state index in [4.69, 9.17) is 4.74 Å². The first-order chi connectivity index (χ1) is 10.3. The van der Waals surface area contributed by atoms with Crippen LogP contribution in [-0.2, 0) is 19.4 Å². The van der Waals surface area contributed by atoms with E-state index in [-0.39, 0.29) is 6.04 Å². The smallest absolute Gasteiger partial charge is 0.138 e. The zero-order valence-corrected chi connectivity index (χ0v) is 12.7. The minimum atomic E-state index is 0.281. The van der Waals surface area contributed by atoms with E-state index in [1.165, 1.54) is 11.1 Å². The summed E-state index contributed by atoms with van der Waals surface area (Å²) in [6.45, 7) is 4.09. The zero-order chi connectivity index (χ0) is 14.7. The molecule has 0 spiro atoms. The average molecular weight is 286 g/mol. The number of benzene rings is 1. The first-order valence-electron chi connectivity index (χ1n) is 7.58. The van der Waals surface area contributed by atoms with Gasteiger partial charge in [-0.25, -0.2) is 4.98 Å². The maximum absolute atomic E-state index is 5.37. The molecule has 0 saturated heterocycles. The number of fused-ring (bicyclic) bond motifs is 1. The summed E-state index contributed by atoms with van der Waals surface area (Å²) in [6, 6.07) is 6.65. The van der Waals surface area contributed by atoms with Crippen molar-refractivity contribution in [2.24, 2.45) is 0 Å². The summed E-state index contributed by atoms with van der Waals surface area (Å²) in [5, 5.41) is 7.91. The second-order valence-electron chi connectivity index (χ2n) is 5.42. The van der Waals surface area contributed by atoms with Gasteiger partial charge in [0.2, 0.25) is 0 Å². The molecular weight excluding hydrogens is 264 g/mol. The van der Waals surface area contributed by atoms with Gasteiger partial charge in [0, 0.05) is 19.0 Å². The predicted octanol–water partition coefficient (Wildman–Crippen LogP) is 2.13. The number of hydrogen-bond acceptors (Lipinski definition) is 4. The van der Waals surface area contributed by atoms with E-state index >= 15 is 0 Å². The molecule has 0 radical (unpaired) electrons. The number of nitrogens with zero attached hydrogens (tertiary/aromatic N) is 3. The van der Waals surface area contributed by atoms with Crippen LogP contribution in [0.5, 0.6) is 5.75 Å². The molecule has 0 amide bonds. The number of nitrogens with one attached hydrogen (secondary N) is 1. The quantitative estimate of drug-likeness (QED) is 0.915. The van der Waals surface area contributed by atoms with Gasteiger partial charge in [0.15, 0.2) is 0 Å². The molecule has 1 unspecified atom stereocenters. The van der Waals surface area contributed by atoms with Gasteiger partial charge in [-0.2, -0.15) is 5.10 Å². The molecule has 5 heteroatoms. The van der Waals surface area contributed by atoms with Crippen molar-refractivity contribution in [3.63, 3.8) is 0 Å². The molecule has 5 nitrogen and oxygen atoms in total. The molecular formula is C16H22N4O. The Hall–Kier alpha value is -1.88. The molecule has 1 aliphatic rings. The zero-order valence-electron chi connectivity index (χ0n) is 12.7. The molecule has 1 atom stereocenters. The minimum absolute atomic E-state index is 0.281. The Bertz CT molecular complexity index is 608. The molecule has 1 N–H and O–H groups in total. The lowest BCUT2D eigenvalue weighted by Gasteiger charge is -2.27. The summed E-state index contributed by atoms with van der Waals surface area (Å²) < 4.78 is 7.38. The van der Waals surface area contributed by atoms with Crippen LogP contribution in [0.4, 0.5) is 0 Å². The van der Waals surface area contributed by atoms with E-state index in [9.17, 15) is 0 Å². The van der Waals surface area contributed by atoms with Gasteiger partial charge in [-0.3, -0.25) is 4.68 Å². The summed E-state index contributed by atoms with van der Waals surface area (Å²) in [7, 11) is 1.71. The van der Waals surface area contributed by atoms with Crippen molar-refractivity contribution < 1.29 is 4.74 Å². The molecule has 112 valence electrons. The van der Waals surface area contributed by atoms with Gasteiger partial charge in [0.05, 0.1) is 7.11 Å². The third-order valence-corrected chi connectivity index (χ3v) is 4.03. The average Bonchev–Trinajstić information content (AvgIpc) is 2.95. The Morgan fingerprint density at radius 1 is 1.43 bits per heavy atom. The largest absolute Gasteiger partial charge is 0.497 e. The Morgan fingerprint density at radius 3 is 3.14 bits per heavy atom. The standard InChI is InChI=1S/C16H22N4O/c1-3-8-20-16(18-11-19-20)10-15-14-9-13(21-2)5-4-12(14)6-7-17-15/h4-5,9,11,15,17H,3,6-8,10H2,1-2H3. The molecule has 1 aromatic carbocycles. The van der Waals surface area contributed by atoms with Gasteiger partial charge < -0.3 is 10.1 Å². The van der Waals surface area contributed by atoms with E-state index in [0.29, 0.717) is 0 Å². The molecule has 1 aliphatic heterocycles. The molecule has 2 aromatic rings. The van der Waals surface area contributed by atoms with Gasteiger partial charge in [-0.1, -0.05) is 13.0 Å². The van der Waals surface area contributed by atoms with Crippen LogP contribution in [0.15, 0.2) is 24.5 Å². The maximum atomic E-state index is 5.37. The maximum Gasteiger partial charge on any atom is 0.138 e. The van der Waals surface area contributed by atoms with Crippen molar-refractivity contribution in [1.29, 1.82) is 0 Å². The van der Waals surface area contributed by atoms with Crippen LogP contribution >= 0.6 is 0 Å². The van der Waals surface area contributed by atoms with Gasteiger partial charge in [0.1, 0.15) is 17.9 Å². The molecule has 3 rings (SSSR count). The van der Waals surface area contributed by atoms with Crippen molar-refractivity contribution in [2.75, 3.05) is 13.7 Å². The lowest BCUT2D eigenvalue weighted by atomic mass is 9.92. The molecule has 1 aromatic heterocycles. The number of aryl methyl sites for hydroxylation is 1. The molecule has 0 bridgehead atoms. The number of hydrogen-bond donors (Lipinski definition) is 1. The number of aromatic nitrogens is 3. The van der Waals surface area contributed by atoms with Gasteiger partial charge >= 0.3 is 0 Å². The van der Waals surface area contributed by atoms with Crippen molar-refractivity contribution in [2.45, 2.75) is 38.8 Å². The topological polar surface area (TPSA) is 52.0 Å². The third-order valence-electron chi connectivity index (χ3n) is 4.03.